The van der Waals surface area contributed by atoms with Crippen molar-refractivity contribution in [2.45, 2.75) is 19.4 Å². The zero-order valence-electron chi connectivity index (χ0n) is 9.54. The van der Waals surface area contributed by atoms with Crippen LogP contribution in [-0.4, -0.2) is 15.5 Å². The molecule has 0 saturated heterocycles. The second kappa shape index (κ2) is 5.84. The molecule has 4 nitrogen and oxygen atoms in total. The van der Waals surface area contributed by atoms with Crippen LogP contribution >= 0.6 is 0 Å². The Labute approximate surface area is 100 Å². The first-order valence-electron chi connectivity index (χ1n) is 5.65. The Hall–Kier alpha value is -2.10. The van der Waals surface area contributed by atoms with Crippen LogP contribution in [0.2, 0.25) is 0 Å². The molecule has 0 bridgehead atoms. The van der Waals surface area contributed by atoms with Crippen LogP contribution in [0.25, 0.3) is 0 Å². The molecular weight excluding hydrogens is 214 g/mol. The maximum absolute atomic E-state index is 11.6. The van der Waals surface area contributed by atoms with E-state index in [0.29, 0.717) is 6.42 Å². The number of carbonyl (C=O) groups excluding carboxylic acids is 1. The van der Waals surface area contributed by atoms with Gasteiger partial charge in [0, 0.05) is 43.4 Å². The molecule has 2 aromatic heterocycles. The van der Waals surface area contributed by atoms with Gasteiger partial charge < -0.3 is 9.88 Å². The monoisotopic (exact) mass is 229 g/mol. The summed E-state index contributed by atoms with van der Waals surface area (Å²) >= 11 is 0. The van der Waals surface area contributed by atoms with Crippen molar-refractivity contribution in [3.8, 4) is 0 Å². The highest BCUT2D eigenvalue weighted by Gasteiger charge is 2.01. The third-order valence-corrected chi connectivity index (χ3v) is 2.45. The maximum Gasteiger partial charge on any atom is 0.224 e. The molecule has 0 spiro atoms. The lowest BCUT2D eigenvalue weighted by Gasteiger charge is -2.05. The van der Waals surface area contributed by atoms with Crippen LogP contribution in [0.4, 0.5) is 5.69 Å². The lowest BCUT2D eigenvalue weighted by atomic mass is 10.3. The Kier molecular flexibility index (Phi) is 3.91. The first-order valence-corrected chi connectivity index (χ1v) is 5.65. The van der Waals surface area contributed by atoms with E-state index in [4.69, 9.17) is 0 Å². The summed E-state index contributed by atoms with van der Waals surface area (Å²) in [5, 5.41) is 2.83. The number of anilines is 1. The highest BCUT2D eigenvalue weighted by molar-refractivity contribution is 5.90. The largest absolute Gasteiger partial charge is 0.354 e. The maximum atomic E-state index is 11.6. The minimum absolute atomic E-state index is 0.0448. The van der Waals surface area contributed by atoms with Crippen LogP contribution in [0.3, 0.4) is 0 Å². The molecule has 0 aromatic carbocycles. The molecule has 17 heavy (non-hydrogen) atoms. The summed E-state index contributed by atoms with van der Waals surface area (Å²) in [6.07, 6.45) is 8.69. The molecule has 2 aromatic rings. The van der Waals surface area contributed by atoms with Gasteiger partial charge in [0.05, 0.1) is 0 Å². The fraction of sp³-hybridized carbons (Fsp3) is 0.231. The Morgan fingerprint density at radius 1 is 1.24 bits per heavy atom. The zero-order valence-corrected chi connectivity index (χ0v) is 9.54. The Morgan fingerprint density at radius 3 is 2.65 bits per heavy atom. The first-order chi connectivity index (χ1) is 8.34. The molecule has 0 saturated carbocycles. The van der Waals surface area contributed by atoms with Crippen molar-refractivity contribution in [1.29, 1.82) is 0 Å². The average molecular weight is 229 g/mol. The third kappa shape index (κ3) is 3.75. The Bertz CT molecular complexity index is 451. The predicted octanol–water partition coefficient (Wildman–Crippen LogP) is 2.30. The van der Waals surface area contributed by atoms with Crippen LogP contribution in [0.1, 0.15) is 12.8 Å². The number of nitrogens with one attached hydrogen (secondary N) is 1. The SMILES string of the molecule is O=C(CCCn1cccc1)Nc1ccncc1. The van der Waals surface area contributed by atoms with Gasteiger partial charge in [-0.3, -0.25) is 9.78 Å². The standard InChI is InChI=1S/C13H15N3O/c17-13(15-12-5-7-14-8-6-12)4-3-11-16-9-1-2-10-16/h1-2,5-10H,3-4,11H2,(H,14,15,17). The Balaban J connectivity index is 1.71. The lowest BCUT2D eigenvalue weighted by Crippen LogP contribution is -2.12. The number of aryl methyl sites for hydroxylation is 1. The Morgan fingerprint density at radius 2 is 1.94 bits per heavy atom. The molecule has 1 N–H and O–H groups in total. The quantitative estimate of drug-likeness (QED) is 0.855. The van der Waals surface area contributed by atoms with Crippen molar-refractivity contribution in [2.75, 3.05) is 5.32 Å². The highest BCUT2D eigenvalue weighted by Crippen LogP contribution is 2.05. The van der Waals surface area contributed by atoms with Gasteiger partial charge in [0.15, 0.2) is 0 Å². The topological polar surface area (TPSA) is 46.9 Å². The number of pyridine rings is 1. The van der Waals surface area contributed by atoms with Gasteiger partial charge in [-0.25, -0.2) is 0 Å². The number of carbonyl (C=O) groups is 1. The molecule has 2 rings (SSSR count). The van der Waals surface area contributed by atoms with Crippen LogP contribution < -0.4 is 5.32 Å². The summed E-state index contributed by atoms with van der Waals surface area (Å²) in [6.45, 7) is 0.872. The van der Waals surface area contributed by atoms with Crippen molar-refractivity contribution < 1.29 is 4.79 Å². The van der Waals surface area contributed by atoms with E-state index in [-0.39, 0.29) is 5.91 Å². The number of rotatable bonds is 5. The second-order valence-electron chi connectivity index (χ2n) is 3.81. The van der Waals surface area contributed by atoms with E-state index in [0.717, 1.165) is 18.7 Å². The minimum atomic E-state index is 0.0448. The van der Waals surface area contributed by atoms with Gasteiger partial charge in [0.1, 0.15) is 0 Å². The molecule has 0 fully saturated rings. The fourth-order valence-corrected chi connectivity index (χ4v) is 1.60. The number of nitrogens with zero attached hydrogens (tertiary/aromatic N) is 2. The van der Waals surface area contributed by atoms with Crippen LogP contribution in [0.15, 0.2) is 49.1 Å². The summed E-state index contributed by atoms with van der Waals surface area (Å²) in [6, 6.07) is 7.53. The summed E-state index contributed by atoms with van der Waals surface area (Å²) in [5.74, 6) is 0.0448. The van der Waals surface area contributed by atoms with Gasteiger partial charge in [0.25, 0.3) is 0 Å². The summed E-state index contributed by atoms with van der Waals surface area (Å²) in [5.41, 5.74) is 0.797. The summed E-state index contributed by atoms with van der Waals surface area (Å²) < 4.78 is 2.07. The molecular formula is C13H15N3O. The van der Waals surface area contributed by atoms with Crippen molar-refractivity contribution in [2.24, 2.45) is 0 Å². The molecule has 0 atom stereocenters. The molecule has 0 aliphatic rings. The van der Waals surface area contributed by atoms with Gasteiger partial charge in [-0.05, 0) is 30.7 Å². The van der Waals surface area contributed by atoms with Crippen LogP contribution in [0, 0.1) is 0 Å². The predicted molar refractivity (Wildman–Crippen MR) is 66.5 cm³/mol. The van der Waals surface area contributed by atoms with Gasteiger partial charge in [-0.15, -0.1) is 0 Å². The normalized spacial score (nSPS) is 10.1. The lowest BCUT2D eigenvalue weighted by molar-refractivity contribution is -0.116. The van der Waals surface area contributed by atoms with E-state index in [2.05, 4.69) is 14.9 Å². The highest BCUT2D eigenvalue weighted by atomic mass is 16.1. The molecule has 0 unspecified atom stereocenters. The number of hydrogen-bond acceptors (Lipinski definition) is 2. The fourth-order valence-electron chi connectivity index (χ4n) is 1.60. The molecule has 0 aliphatic carbocycles. The number of amides is 1. The van der Waals surface area contributed by atoms with Crippen molar-refractivity contribution >= 4 is 11.6 Å². The van der Waals surface area contributed by atoms with Crippen molar-refractivity contribution in [1.82, 2.24) is 9.55 Å². The molecule has 2 heterocycles. The smallest absolute Gasteiger partial charge is 0.224 e. The van der Waals surface area contributed by atoms with Crippen molar-refractivity contribution in [3.63, 3.8) is 0 Å². The first kappa shape index (κ1) is 11.4. The van der Waals surface area contributed by atoms with Crippen LogP contribution in [0.5, 0.6) is 0 Å². The number of aromatic nitrogens is 2. The third-order valence-electron chi connectivity index (χ3n) is 2.45. The van der Waals surface area contributed by atoms with Crippen molar-refractivity contribution in [3.05, 3.63) is 49.1 Å². The van der Waals surface area contributed by atoms with Gasteiger partial charge in [-0.1, -0.05) is 0 Å². The summed E-state index contributed by atoms with van der Waals surface area (Å²) in [7, 11) is 0. The molecule has 0 aliphatic heterocycles. The summed E-state index contributed by atoms with van der Waals surface area (Å²) in [4.78, 5) is 15.5. The minimum Gasteiger partial charge on any atom is -0.354 e. The van der Waals surface area contributed by atoms with E-state index in [9.17, 15) is 4.79 Å². The molecule has 4 heteroatoms. The van der Waals surface area contributed by atoms with Gasteiger partial charge >= 0.3 is 0 Å². The van der Waals surface area contributed by atoms with E-state index in [1.807, 2.05) is 24.5 Å². The van der Waals surface area contributed by atoms with E-state index < -0.39 is 0 Å². The van der Waals surface area contributed by atoms with Gasteiger partial charge in [-0.2, -0.15) is 0 Å². The zero-order chi connectivity index (χ0) is 11.9. The molecule has 1 amide bonds. The molecule has 88 valence electrons. The second-order valence-corrected chi connectivity index (χ2v) is 3.81. The van der Waals surface area contributed by atoms with E-state index in [1.165, 1.54) is 0 Å². The molecule has 0 radical (unpaired) electrons. The van der Waals surface area contributed by atoms with Crippen LogP contribution in [-0.2, 0) is 11.3 Å². The van der Waals surface area contributed by atoms with E-state index >= 15 is 0 Å². The average Bonchev–Trinajstić information content (AvgIpc) is 2.83. The van der Waals surface area contributed by atoms with Gasteiger partial charge in [0.2, 0.25) is 5.91 Å². The van der Waals surface area contributed by atoms with E-state index in [1.54, 1.807) is 24.5 Å². The number of hydrogen-bond donors (Lipinski definition) is 1.